The topological polar surface area (TPSA) is 78.5 Å². The summed E-state index contributed by atoms with van der Waals surface area (Å²) >= 11 is 3.37. The number of carbonyl (C=O) groups is 3. The number of benzene rings is 2. The fourth-order valence-corrected chi connectivity index (χ4v) is 3.30. The van der Waals surface area contributed by atoms with Gasteiger partial charge in [0.1, 0.15) is 0 Å². The molecule has 3 amide bonds. The molecule has 0 spiro atoms. The molecule has 6 nitrogen and oxygen atoms in total. The lowest BCUT2D eigenvalue weighted by molar-refractivity contribution is -0.122. The van der Waals surface area contributed by atoms with E-state index in [2.05, 4.69) is 26.6 Å². The molecule has 2 aromatic rings. The van der Waals surface area contributed by atoms with Crippen molar-refractivity contribution in [2.75, 3.05) is 22.1 Å². The molecular weight excluding hydrogens is 398 g/mol. The van der Waals surface area contributed by atoms with Crippen LogP contribution in [0.25, 0.3) is 0 Å². The Kier molecular flexibility index (Phi) is 5.37. The lowest BCUT2D eigenvalue weighted by atomic mass is 10.1. The van der Waals surface area contributed by atoms with E-state index in [4.69, 9.17) is 0 Å². The smallest absolute Gasteiger partial charge is 0.229 e. The molecule has 3 rings (SSSR count). The van der Waals surface area contributed by atoms with Crippen molar-refractivity contribution in [3.8, 4) is 0 Å². The van der Waals surface area contributed by atoms with Gasteiger partial charge in [-0.15, -0.1) is 0 Å². The second-order valence-electron chi connectivity index (χ2n) is 6.14. The van der Waals surface area contributed by atoms with Crippen LogP contribution >= 0.6 is 15.9 Å². The molecule has 134 valence electrons. The van der Waals surface area contributed by atoms with Crippen molar-refractivity contribution in [3.05, 3.63) is 53.0 Å². The molecule has 1 atom stereocenters. The number of carbonyl (C=O) groups excluding carboxylic acids is 3. The number of hydrogen-bond acceptors (Lipinski definition) is 3. The van der Waals surface area contributed by atoms with Crippen molar-refractivity contribution in [1.29, 1.82) is 0 Å². The maximum absolute atomic E-state index is 12.5. The minimum atomic E-state index is -0.425. The van der Waals surface area contributed by atoms with Gasteiger partial charge in [0, 0.05) is 41.4 Å². The highest BCUT2D eigenvalue weighted by molar-refractivity contribution is 9.10. The fourth-order valence-electron chi connectivity index (χ4n) is 2.90. The van der Waals surface area contributed by atoms with Gasteiger partial charge in [-0.1, -0.05) is 28.1 Å². The molecule has 0 saturated carbocycles. The summed E-state index contributed by atoms with van der Waals surface area (Å²) < 4.78 is 0.870. The van der Waals surface area contributed by atoms with Crippen molar-refractivity contribution >= 4 is 50.7 Å². The number of rotatable bonds is 4. The van der Waals surface area contributed by atoms with E-state index in [1.807, 2.05) is 18.2 Å². The van der Waals surface area contributed by atoms with Crippen LogP contribution in [-0.4, -0.2) is 24.3 Å². The van der Waals surface area contributed by atoms with Crippen LogP contribution in [0.1, 0.15) is 13.3 Å². The van der Waals surface area contributed by atoms with Crippen molar-refractivity contribution in [2.24, 2.45) is 5.92 Å². The van der Waals surface area contributed by atoms with Crippen LogP contribution in [0.15, 0.2) is 53.0 Å². The van der Waals surface area contributed by atoms with E-state index in [-0.39, 0.29) is 24.1 Å². The normalized spacial score (nSPS) is 16.5. The Hall–Kier alpha value is -2.67. The van der Waals surface area contributed by atoms with E-state index in [1.165, 1.54) is 6.92 Å². The van der Waals surface area contributed by atoms with Crippen molar-refractivity contribution in [3.63, 3.8) is 0 Å². The van der Waals surface area contributed by atoms with Gasteiger partial charge in [0.05, 0.1) is 5.92 Å². The van der Waals surface area contributed by atoms with Crippen molar-refractivity contribution in [2.45, 2.75) is 13.3 Å². The zero-order chi connectivity index (χ0) is 18.7. The van der Waals surface area contributed by atoms with Crippen LogP contribution < -0.4 is 15.5 Å². The van der Waals surface area contributed by atoms with Crippen LogP contribution in [0.4, 0.5) is 17.1 Å². The van der Waals surface area contributed by atoms with Gasteiger partial charge in [0.15, 0.2) is 0 Å². The Balaban J connectivity index is 1.70. The number of halogens is 1. The zero-order valence-electron chi connectivity index (χ0n) is 14.2. The Morgan fingerprint density at radius 3 is 2.46 bits per heavy atom. The summed E-state index contributed by atoms with van der Waals surface area (Å²) in [5.41, 5.74) is 1.96. The largest absolute Gasteiger partial charge is 0.326 e. The Bertz CT molecular complexity index is 869. The Morgan fingerprint density at radius 1 is 1.08 bits per heavy atom. The van der Waals surface area contributed by atoms with E-state index in [0.717, 1.165) is 4.47 Å². The van der Waals surface area contributed by atoms with E-state index in [0.29, 0.717) is 23.6 Å². The fraction of sp³-hybridized carbons (Fsp3) is 0.211. The zero-order valence-corrected chi connectivity index (χ0v) is 15.7. The van der Waals surface area contributed by atoms with E-state index >= 15 is 0 Å². The molecule has 1 heterocycles. The minimum absolute atomic E-state index is 0.112. The maximum atomic E-state index is 12.5. The molecule has 2 aromatic carbocycles. The molecule has 1 aliphatic rings. The first kappa shape index (κ1) is 18.1. The second kappa shape index (κ2) is 7.70. The quantitative estimate of drug-likeness (QED) is 0.802. The van der Waals surface area contributed by atoms with Crippen LogP contribution in [-0.2, 0) is 14.4 Å². The predicted octanol–water partition coefficient (Wildman–Crippen LogP) is 3.40. The molecule has 2 N–H and O–H groups in total. The number of amides is 3. The lowest BCUT2D eigenvalue weighted by Crippen LogP contribution is -2.28. The summed E-state index contributed by atoms with van der Waals surface area (Å²) in [5.74, 6) is -0.900. The van der Waals surface area contributed by atoms with Crippen LogP contribution in [0.3, 0.4) is 0 Å². The summed E-state index contributed by atoms with van der Waals surface area (Å²) in [6.07, 6.45) is 0.157. The lowest BCUT2D eigenvalue weighted by Gasteiger charge is -2.18. The molecule has 0 aromatic heterocycles. The van der Waals surface area contributed by atoms with Crippen LogP contribution in [0.2, 0.25) is 0 Å². The van der Waals surface area contributed by atoms with Gasteiger partial charge < -0.3 is 15.5 Å². The van der Waals surface area contributed by atoms with Gasteiger partial charge in [-0.3, -0.25) is 14.4 Å². The summed E-state index contributed by atoms with van der Waals surface area (Å²) in [6, 6.07) is 14.4. The summed E-state index contributed by atoms with van der Waals surface area (Å²) in [6.45, 7) is 1.73. The molecule has 1 fully saturated rings. The van der Waals surface area contributed by atoms with Gasteiger partial charge in [0.25, 0.3) is 0 Å². The van der Waals surface area contributed by atoms with Gasteiger partial charge in [-0.2, -0.15) is 0 Å². The average molecular weight is 416 g/mol. The maximum Gasteiger partial charge on any atom is 0.229 e. The minimum Gasteiger partial charge on any atom is -0.326 e. The molecule has 0 radical (unpaired) electrons. The van der Waals surface area contributed by atoms with Crippen LogP contribution in [0.5, 0.6) is 0 Å². The van der Waals surface area contributed by atoms with E-state index in [9.17, 15) is 14.4 Å². The molecule has 1 unspecified atom stereocenters. The Morgan fingerprint density at radius 2 is 1.77 bits per heavy atom. The highest BCUT2D eigenvalue weighted by Crippen LogP contribution is 2.28. The third-order valence-corrected chi connectivity index (χ3v) is 4.56. The first-order valence-electron chi connectivity index (χ1n) is 8.17. The number of nitrogens with one attached hydrogen (secondary N) is 2. The summed E-state index contributed by atoms with van der Waals surface area (Å²) in [4.78, 5) is 37.7. The van der Waals surface area contributed by atoms with Gasteiger partial charge in [-0.05, 0) is 36.4 Å². The van der Waals surface area contributed by atoms with Crippen LogP contribution in [0, 0.1) is 5.92 Å². The average Bonchev–Trinajstić information content (AvgIpc) is 2.96. The number of nitrogens with zero attached hydrogens (tertiary/aromatic N) is 1. The SMILES string of the molecule is CC(=O)Nc1cccc(N2CC(C(=O)Nc3cccc(Br)c3)CC2=O)c1. The Labute approximate surface area is 159 Å². The monoisotopic (exact) mass is 415 g/mol. The number of anilines is 3. The van der Waals surface area contributed by atoms with Gasteiger partial charge in [0.2, 0.25) is 17.7 Å². The molecule has 1 saturated heterocycles. The van der Waals surface area contributed by atoms with Crippen molar-refractivity contribution in [1.82, 2.24) is 0 Å². The molecule has 26 heavy (non-hydrogen) atoms. The molecular formula is C19H18BrN3O3. The standard InChI is InChI=1S/C19H18BrN3O3/c1-12(24)21-16-6-3-7-17(10-16)23-11-13(8-18(23)25)19(26)22-15-5-2-4-14(20)9-15/h2-7,9-10,13H,8,11H2,1H3,(H,21,24)(H,22,26). The predicted molar refractivity (Wildman–Crippen MR) is 104 cm³/mol. The number of hydrogen-bond donors (Lipinski definition) is 2. The first-order chi connectivity index (χ1) is 12.4. The molecule has 0 aliphatic carbocycles. The molecule has 7 heteroatoms. The third-order valence-electron chi connectivity index (χ3n) is 4.07. The second-order valence-corrected chi connectivity index (χ2v) is 7.05. The van der Waals surface area contributed by atoms with Gasteiger partial charge >= 0.3 is 0 Å². The summed E-state index contributed by atoms with van der Waals surface area (Å²) in [7, 11) is 0. The van der Waals surface area contributed by atoms with E-state index in [1.54, 1.807) is 35.2 Å². The third kappa shape index (κ3) is 4.29. The highest BCUT2D eigenvalue weighted by Gasteiger charge is 2.35. The highest BCUT2D eigenvalue weighted by atomic mass is 79.9. The molecule has 0 bridgehead atoms. The van der Waals surface area contributed by atoms with E-state index < -0.39 is 5.92 Å². The first-order valence-corrected chi connectivity index (χ1v) is 8.96. The molecule has 1 aliphatic heterocycles. The van der Waals surface area contributed by atoms with Crippen molar-refractivity contribution < 1.29 is 14.4 Å². The van der Waals surface area contributed by atoms with Gasteiger partial charge in [-0.25, -0.2) is 0 Å². The summed E-state index contributed by atoms with van der Waals surface area (Å²) in [5, 5.41) is 5.54.